The molecule has 2 aromatic carbocycles. The second kappa shape index (κ2) is 5.40. The number of thiazole rings is 1. The zero-order chi connectivity index (χ0) is 15.8. The molecular formula is C17H10FN3OS. The van der Waals surface area contributed by atoms with Gasteiger partial charge in [0.25, 0.3) is 5.56 Å². The number of hydrogen-bond donors (Lipinski definition) is 0. The number of fused-ring (bicyclic) bond motifs is 1. The van der Waals surface area contributed by atoms with Crippen LogP contribution in [0.25, 0.3) is 22.4 Å². The Kier molecular flexibility index (Phi) is 3.24. The maximum absolute atomic E-state index is 13.2. The fraction of sp³-hybridized carbons (Fsp3) is 0. The minimum absolute atomic E-state index is 0.246. The molecule has 0 N–H and O–H groups in total. The monoisotopic (exact) mass is 323 g/mol. The third-order valence-electron chi connectivity index (χ3n) is 3.36. The predicted molar refractivity (Wildman–Crippen MR) is 87.8 cm³/mol. The van der Waals surface area contributed by atoms with Crippen molar-refractivity contribution in [3.05, 3.63) is 80.9 Å². The fourth-order valence-corrected chi connectivity index (χ4v) is 3.20. The Hall–Kier alpha value is -2.86. The van der Waals surface area contributed by atoms with Crippen LogP contribution in [-0.2, 0) is 0 Å². The van der Waals surface area contributed by atoms with Crippen LogP contribution in [0, 0.1) is 5.82 Å². The standard InChI is InChI=1S/C17H10FN3OS/c18-13-8-4-5-11(9-13)10-14-16(22)21-17(23-14)19-15(20-21)12-6-2-1-3-7-12/h1-10H/b14-10+. The Labute approximate surface area is 134 Å². The Morgan fingerprint density at radius 2 is 1.91 bits per heavy atom. The minimum atomic E-state index is -0.336. The van der Waals surface area contributed by atoms with Crippen LogP contribution >= 0.6 is 11.3 Å². The van der Waals surface area contributed by atoms with Crippen molar-refractivity contribution < 1.29 is 4.39 Å². The molecule has 112 valence electrons. The highest BCUT2D eigenvalue weighted by Crippen LogP contribution is 2.15. The van der Waals surface area contributed by atoms with Crippen LogP contribution in [0.15, 0.2) is 59.4 Å². The molecule has 0 aliphatic heterocycles. The summed E-state index contributed by atoms with van der Waals surface area (Å²) in [5.41, 5.74) is 1.25. The molecule has 0 bridgehead atoms. The molecule has 2 aromatic heterocycles. The van der Waals surface area contributed by atoms with E-state index < -0.39 is 0 Å². The van der Waals surface area contributed by atoms with Gasteiger partial charge in [0, 0.05) is 5.56 Å². The van der Waals surface area contributed by atoms with Crippen molar-refractivity contribution in [2.75, 3.05) is 0 Å². The van der Waals surface area contributed by atoms with Crippen LogP contribution in [0.3, 0.4) is 0 Å². The molecular weight excluding hydrogens is 313 g/mol. The van der Waals surface area contributed by atoms with Gasteiger partial charge in [-0.2, -0.15) is 9.50 Å². The second-order valence-electron chi connectivity index (χ2n) is 4.97. The zero-order valence-electron chi connectivity index (χ0n) is 11.8. The largest absolute Gasteiger partial charge is 0.291 e. The number of halogens is 1. The van der Waals surface area contributed by atoms with Gasteiger partial charge in [-0.15, -0.1) is 5.10 Å². The first-order valence-corrected chi connectivity index (χ1v) is 7.75. The van der Waals surface area contributed by atoms with Crippen LogP contribution in [0.5, 0.6) is 0 Å². The highest BCUT2D eigenvalue weighted by molar-refractivity contribution is 7.15. The highest BCUT2D eigenvalue weighted by atomic mass is 32.1. The topological polar surface area (TPSA) is 47.3 Å². The normalized spacial score (nSPS) is 12.1. The van der Waals surface area contributed by atoms with Crippen molar-refractivity contribution in [1.82, 2.24) is 14.6 Å². The summed E-state index contributed by atoms with van der Waals surface area (Å²) in [6.07, 6.45) is 1.65. The van der Waals surface area contributed by atoms with E-state index in [2.05, 4.69) is 10.1 Å². The Morgan fingerprint density at radius 1 is 1.09 bits per heavy atom. The quantitative estimate of drug-likeness (QED) is 0.569. The molecule has 6 heteroatoms. The molecule has 0 fully saturated rings. The molecule has 2 heterocycles. The summed E-state index contributed by atoms with van der Waals surface area (Å²) in [4.78, 5) is 17.3. The lowest BCUT2D eigenvalue weighted by Gasteiger charge is -1.92. The molecule has 4 nitrogen and oxygen atoms in total. The van der Waals surface area contributed by atoms with Crippen LogP contribution in [0.2, 0.25) is 0 Å². The Morgan fingerprint density at radius 3 is 2.65 bits per heavy atom. The number of rotatable bonds is 2. The number of hydrogen-bond acceptors (Lipinski definition) is 4. The van der Waals surface area contributed by atoms with Crippen molar-refractivity contribution in [3.63, 3.8) is 0 Å². The second-order valence-corrected chi connectivity index (χ2v) is 5.98. The van der Waals surface area contributed by atoms with E-state index in [1.54, 1.807) is 18.2 Å². The molecule has 0 atom stereocenters. The van der Waals surface area contributed by atoms with Gasteiger partial charge in [-0.1, -0.05) is 53.8 Å². The Bertz CT molecular complexity index is 1100. The number of nitrogens with zero attached hydrogens (tertiary/aromatic N) is 3. The molecule has 0 saturated heterocycles. The van der Waals surface area contributed by atoms with Crippen molar-refractivity contribution in [1.29, 1.82) is 0 Å². The molecule has 0 aliphatic rings. The SMILES string of the molecule is O=c1/c(=C\c2cccc(F)c2)sc2nc(-c3ccccc3)nn12. The van der Waals surface area contributed by atoms with E-state index in [1.807, 2.05) is 30.3 Å². The van der Waals surface area contributed by atoms with Crippen LogP contribution < -0.4 is 10.1 Å². The van der Waals surface area contributed by atoms with Gasteiger partial charge in [0.1, 0.15) is 5.82 Å². The summed E-state index contributed by atoms with van der Waals surface area (Å²) in [7, 11) is 0. The van der Waals surface area contributed by atoms with Gasteiger partial charge in [0.15, 0.2) is 5.82 Å². The van der Waals surface area contributed by atoms with Crippen molar-refractivity contribution in [3.8, 4) is 11.4 Å². The molecule has 0 unspecified atom stereocenters. The van der Waals surface area contributed by atoms with Gasteiger partial charge < -0.3 is 0 Å². The average molecular weight is 323 g/mol. The lowest BCUT2D eigenvalue weighted by Crippen LogP contribution is -2.23. The molecule has 0 aliphatic carbocycles. The van der Waals surface area contributed by atoms with E-state index in [-0.39, 0.29) is 11.4 Å². The van der Waals surface area contributed by atoms with Crippen molar-refractivity contribution in [2.45, 2.75) is 0 Å². The molecule has 4 rings (SSSR count). The van der Waals surface area contributed by atoms with Crippen LogP contribution in [0.4, 0.5) is 4.39 Å². The molecule has 0 spiro atoms. The first kappa shape index (κ1) is 13.8. The van der Waals surface area contributed by atoms with E-state index >= 15 is 0 Å². The molecule has 0 saturated carbocycles. The van der Waals surface area contributed by atoms with Crippen molar-refractivity contribution >= 4 is 22.4 Å². The molecule has 0 radical (unpaired) electrons. The number of benzene rings is 2. The predicted octanol–water partition coefficient (Wildman–Crippen LogP) is 2.50. The van der Waals surface area contributed by atoms with E-state index in [9.17, 15) is 9.18 Å². The summed E-state index contributed by atoms with van der Waals surface area (Å²) in [6, 6.07) is 15.6. The van der Waals surface area contributed by atoms with E-state index in [0.717, 1.165) is 5.56 Å². The summed E-state index contributed by atoms with van der Waals surface area (Å²) in [5.74, 6) is 0.184. The zero-order valence-corrected chi connectivity index (χ0v) is 12.6. The summed E-state index contributed by atoms with van der Waals surface area (Å²) in [5, 5.41) is 4.27. The van der Waals surface area contributed by atoms with Gasteiger partial charge >= 0.3 is 0 Å². The lowest BCUT2D eigenvalue weighted by atomic mass is 10.2. The highest BCUT2D eigenvalue weighted by Gasteiger charge is 2.11. The maximum atomic E-state index is 13.2. The van der Waals surface area contributed by atoms with E-state index in [0.29, 0.717) is 20.9 Å². The van der Waals surface area contributed by atoms with Gasteiger partial charge in [0.05, 0.1) is 4.53 Å². The van der Waals surface area contributed by atoms with Crippen molar-refractivity contribution in [2.24, 2.45) is 0 Å². The van der Waals surface area contributed by atoms with Gasteiger partial charge in [-0.3, -0.25) is 4.79 Å². The Balaban J connectivity index is 1.84. The fourth-order valence-electron chi connectivity index (χ4n) is 2.29. The van der Waals surface area contributed by atoms with Gasteiger partial charge in [-0.05, 0) is 23.8 Å². The molecule has 23 heavy (non-hydrogen) atoms. The smallest absolute Gasteiger partial charge is 0.266 e. The molecule has 0 amide bonds. The van der Waals surface area contributed by atoms with Gasteiger partial charge in [0.2, 0.25) is 4.96 Å². The first-order chi connectivity index (χ1) is 11.2. The average Bonchev–Trinajstić information content (AvgIpc) is 3.09. The first-order valence-electron chi connectivity index (χ1n) is 6.93. The third kappa shape index (κ3) is 2.53. The van der Waals surface area contributed by atoms with E-state index in [4.69, 9.17) is 0 Å². The summed E-state index contributed by atoms with van der Waals surface area (Å²) >= 11 is 1.24. The molecule has 4 aromatic rings. The summed E-state index contributed by atoms with van der Waals surface area (Å²) < 4.78 is 15.0. The third-order valence-corrected chi connectivity index (χ3v) is 4.32. The lowest BCUT2D eigenvalue weighted by molar-refractivity contribution is 0.627. The van der Waals surface area contributed by atoms with Crippen LogP contribution in [-0.4, -0.2) is 14.6 Å². The minimum Gasteiger partial charge on any atom is -0.266 e. The summed E-state index contributed by atoms with van der Waals surface area (Å²) in [6.45, 7) is 0. The van der Waals surface area contributed by atoms with Crippen LogP contribution in [0.1, 0.15) is 5.56 Å². The number of aromatic nitrogens is 3. The van der Waals surface area contributed by atoms with Gasteiger partial charge in [-0.25, -0.2) is 4.39 Å². The van der Waals surface area contributed by atoms with E-state index in [1.165, 1.54) is 28.0 Å². The maximum Gasteiger partial charge on any atom is 0.291 e.